The molecule has 0 fully saturated rings. The van der Waals surface area contributed by atoms with E-state index in [9.17, 15) is 0 Å². The molecule has 0 spiro atoms. The lowest BCUT2D eigenvalue weighted by atomic mass is 9.79. The normalized spacial score (nSPS) is 9.09. The first-order valence-corrected chi connectivity index (χ1v) is 3.00. The average molecular weight is 176 g/mol. The number of hydrogen-bond acceptors (Lipinski definition) is 3. The highest BCUT2D eigenvalue weighted by Crippen LogP contribution is 1.92. The minimum atomic E-state index is -1.42. The summed E-state index contributed by atoms with van der Waals surface area (Å²) in [5.41, 5.74) is 1.81. The summed E-state index contributed by atoms with van der Waals surface area (Å²) in [4.78, 5) is 0. The molecule has 0 saturated heterocycles. The number of H-pyrrole nitrogens is 1. The third-order valence-electron chi connectivity index (χ3n) is 1.44. The lowest BCUT2D eigenvalue weighted by Gasteiger charge is -1.95. The highest BCUT2D eigenvalue weighted by atomic mass is 35.5. The van der Waals surface area contributed by atoms with Crippen molar-refractivity contribution in [3.05, 3.63) is 11.4 Å². The molecule has 0 aliphatic rings. The van der Waals surface area contributed by atoms with Crippen LogP contribution in [0.4, 0.5) is 0 Å². The van der Waals surface area contributed by atoms with Crippen LogP contribution in [0.2, 0.25) is 0 Å². The second kappa shape index (κ2) is 3.76. The van der Waals surface area contributed by atoms with Crippen molar-refractivity contribution in [2.45, 2.75) is 13.8 Å². The van der Waals surface area contributed by atoms with E-state index >= 15 is 0 Å². The van der Waals surface area contributed by atoms with Gasteiger partial charge in [0.1, 0.15) is 0 Å². The van der Waals surface area contributed by atoms with E-state index in [1.165, 1.54) is 0 Å². The van der Waals surface area contributed by atoms with E-state index in [4.69, 9.17) is 10.0 Å². The van der Waals surface area contributed by atoms with Gasteiger partial charge in [-0.25, -0.2) is 0 Å². The van der Waals surface area contributed by atoms with E-state index < -0.39 is 7.12 Å². The van der Waals surface area contributed by atoms with Crippen molar-refractivity contribution < 1.29 is 10.0 Å². The highest BCUT2D eigenvalue weighted by Gasteiger charge is 2.18. The summed E-state index contributed by atoms with van der Waals surface area (Å²) < 4.78 is 0. The van der Waals surface area contributed by atoms with Gasteiger partial charge >= 0.3 is 7.12 Å². The van der Waals surface area contributed by atoms with Crippen molar-refractivity contribution in [2.24, 2.45) is 0 Å². The largest absolute Gasteiger partial charge is 0.492 e. The number of aryl methyl sites for hydroxylation is 2. The monoisotopic (exact) mass is 176 g/mol. The number of nitrogens with zero attached hydrogens (tertiary/aromatic N) is 1. The number of aromatic amines is 1. The van der Waals surface area contributed by atoms with Crippen molar-refractivity contribution in [3.63, 3.8) is 0 Å². The van der Waals surface area contributed by atoms with E-state index in [1.54, 1.807) is 13.8 Å². The lowest BCUT2D eigenvalue weighted by molar-refractivity contribution is 0.425. The molecular formula is C5H10BClN2O2. The van der Waals surface area contributed by atoms with Gasteiger partial charge in [0.05, 0.1) is 5.69 Å². The number of aromatic nitrogens is 2. The molecule has 4 nitrogen and oxygen atoms in total. The zero-order valence-electron chi connectivity index (χ0n) is 6.33. The minimum Gasteiger partial charge on any atom is -0.423 e. The molecule has 3 N–H and O–H groups in total. The number of nitrogens with one attached hydrogen (secondary N) is 1. The van der Waals surface area contributed by atoms with E-state index in [0.717, 1.165) is 0 Å². The Labute approximate surface area is 71.2 Å². The third kappa shape index (κ3) is 1.96. The SMILES string of the molecule is Cc1n[nH]c(C)c1B(O)O.Cl. The summed E-state index contributed by atoms with van der Waals surface area (Å²) in [5.74, 6) is 0. The Morgan fingerprint density at radius 1 is 1.36 bits per heavy atom. The van der Waals surface area contributed by atoms with E-state index in [-0.39, 0.29) is 12.4 Å². The summed E-state index contributed by atoms with van der Waals surface area (Å²) in [6.45, 7) is 3.47. The molecule has 6 heteroatoms. The summed E-state index contributed by atoms with van der Waals surface area (Å²) in [5, 5.41) is 24.0. The van der Waals surface area contributed by atoms with Crippen LogP contribution in [0.5, 0.6) is 0 Å². The summed E-state index contributed by atoms with van der Waals surface area (Å²) in [6, 6.07) is 0. The Morgan fingerprint density at radius 3 is 2.09 bits per heavy atom. The van der Waals surface area contributed by atoms with Crippen LogP contribution in [0.15, 0.2) is 0 Å². The third-order valence-corrected chi connectivity index (χ3v) is 1.44. The van der Waals surface area contributed by atoms with Crippen molar-refractivity contribution in [1.82, 2.24) is 10.2 Å². The molecule has 11 heavy (non-hydrogen) atoms. The van der Waals surface area contributed by atoms with Gasteiger partial charge in [0.15, 0.2) is 0 Å². The molecule has 0 aliphatic heterocycles. The van der Waals surface area contributed by atoms with Crippen LogP contribution in [-0.2, 0) is 0 Å². The van der Waals surface area contributed by atoms with Gasteiger partial charge in [-0.15, -0.1) is 12.4 Å². The molecule has 0 aliphatic carbocycles. The Hall–Kier alpha value is -0.515. The molecule has 0 atom stereocenters. The molecule has 0 bridgehead atoms. The molecule has 0 saturated carbocycles. The van der Waals surface area contributed by atoms with E-state index in [0.29, 0.717) is 16.9 Å². The summed E-state index contributed by atoms with van der Waals surface area (Å²) >= 11 is 0. The van der Waals surface area contributed by atoms with Crippen LogP contribution in [0, 0.1) is 13.8 Å². The van der Waals surface area contributed by atoms with E-state index in [1.807, 2.05) is 0 Å². The zero-order chi connectivity index (χ0) is 7.72. The first-order chi connectivity index (χ1) is 4.63. The van der Waals surface area contributed by atoms with Gasteiger partial charge in [-0.2, -0.15) is 5.10 Å². The summed E-state index contributed by atoms with van der Waals surface area (Å²) in [7, 11) is -1.42. The van der Waals surface area contributed by atoms with Gasteiger partial charge in [0, 0.05) is 11.2 Å². The van der Waals surface area contributed by atoms with Crippen molar-refractivity contribution in [3.8, 4) is 0 Å². The van der Waals surface area contributed by atoms with E-state index in [2.05, 4.69) is 10.2 Å². The first-order valence-electron chi connectivity index (χ1n) is 3.00. The predicted molar refractivity (Wildman–Crippen MR) is 45.1 cm³/mol. The topological polar surface area (TPSA) is 69.1 Å². The standard InChI is InChI=1S/C5H9BN2O2.ClH/c1-3-5(6(9)10)4(2)8-7-3;/h9-10H,1-2H3,(H,7,8);1H. The van der Waals surface area contributed by atoms with Crippen LogP contribution in [-0.4, -0.2) is 27.4 Å². The quantitative estimate of drug-likeness (QED) is 0.487. The van der Waals surface area contributed by atoms with Gasteiger partial charge in [0.2, 0.25) is 0 Å². The van der Waals surface area contributed by atoms with Crippen LogP contribution in [0.1, 0.15) is 11.4 Å². The average Bonchev–Trinajstić information content (AvgIpc) is 2.11. The van der Waals surface area contributed by atoms with Crippen molar-refractivity contribution in [2.75, 3.05) is 0 Å². The molecule has 0 amide bonds. The molecule has 1 heterocycles. The minimum absolute atomic E-state index is 0. The Balaban J connectivity index is 0.000001000. The maximum absolute atomic E-state index is 8.77. The van der Waals surface area contributed by atoms with Gasteiger partial charge < -0.3 is 10.0 Å². The molecule has 0 unspecified atom stereocenters. The van der Waals surface area contributed by atoms with Crippen LogP contribution >= 0.6 is 12.4 Å². The highest BCUT2D eigenvalue weighted by molar-refractivity contribution is 6.59. The lowest BCUT2D eigenvalue weighted by Crippen LogP contribution is -2.32. The maximum atomic E-state index is 8.77. The zero-order valence-corrected chi connectivity index (χ0v) is 7.14. The number of hydrogen-bond donors (Lipinski definition) is 3. The molecule has 1 aromatic heterocycles. The fraction of sp³-hybridized carbons (Fsp3) is 0.400. The second-order valence-electron chi connectivity index (χ2n) is 2.22. The van der Waals surface area contributed by atoms with Crippen LogP contribution in [0.3, 0.4) is 0 Å². The molecule has 0 radical (unpaired) electrons. The second-order valence-corrected chi connectivity index (χ2v) is 2.22. The van der Waals surface area contributed by atoms with Crippen LogP contribution < -0.4 is 5.46 Å². The maximum Gasteiger partial charge on any atom is 0.492 e. The Bertz CT molecular complexity index is 219. The van der Waals surface area contributed by atoms with Gasteiger partial charge in [-0.3, -0.25) is 5.10 Å². The summed E-state index contributed by atoms with van der Waals surface area (Å²) in [6.07, 6.45) is 0. The molecular weight excluding hydrogens is 166 g/mol. The Kier molecular flexibility index (Phi) is 3.58. The molecule has 62 valence electrons. The fourth-order valence-electron chi connectivity index (χ4n) is 0.940. The Morgan fingerprint density at radius 2 is 1.91 bits per heavy atom. The van der Waals surface area contributed by atoms with Gasteiger partial charge in [-0.1, -0.05) is 0 Å². The number of halogens is 1. The smallest absolute Gasteiger partial charge is 0.423 e. The fourth-order valence-corrected chi connectivity index (χ4v) is 0.940. The molecule has 1 aromatic rings. The predicted octanol–water partition coefficient (Wildman–Crippen LogP) is -0.872. The molecule has 0 aromatic carbocycles. The van der Waals surface area contributed by atoms with Crippen molar-refractivity contribution in [1.29, 1.82) is 0 Å². The van der Waals surface area contributed by atoms with Crippen molar-refractivity contribution >= 4 is 25.0 Å². The first kappa shape index (κ1) is 10.5. The molecule has 1 rings (SSSR count). The van der Waals surface area contributed by atoms with Gasteiger partial charge in [0.25, 0.3) is 0 Å². The number of rotatable bonds is 1. The van der Waals surface area contributed by atoms with Gasteiger partial charge in [-0.05, 0) is 13.8 Å². The van der Waals surface area contributed by atoms with Crippen LogP contribution in [0.25, 0.3) is 0 Å².